The van der Waals surface area contributed by atoms with Crippen molar-refractivity contribution in [1.82, 2.24) is 6.15 Å². The number of hydrogen-bond donors (Lipinski definition) is 1. The second-order valence-corrected chi connectivity index (χ2v) is 9.90. The molecule has 0 radical (unpaired) electrons. The first-order chi connectivity index (χ1) is 13.6. The molecule has 29 heavy (non-hydrogen) atoms. The summed E-state index contributed by atoms with van der Waals surface area (Å²) >= 11 is 0. The second kappa shape index (κ2) is 24.1. The van der Waals surface area contributed by atoms with Gasteiger partial charge in [0.05, 0.1) is 19.0 Å². The summed E-state index contributed by atoms with van der Waals surface area (Å²) in [5, 5.41) is 0. The largest absolute Gasteiger partial charge is 0.344 e. The average Bonchev–Trinajstić information content (AvgIpc) is 2.67. The smallest absolute Gasteiger partial charge is 0.267 e. The Labute approximate surface area is 181 Å². The number of rotatable bonds is 23. The van der Waals surface area contributed by atoms with Gasteiger partial charge in [0.25, 0.3) is 10.1 Å². The number of hydrogen-bond acceptors (Lipinski definition) is 4. The summed E-state index contributed by atoms with van der Waals surface area (Å²) in [5.41, 5.74) is 0. The van der Waals surface area contributed by atoms with E-state index in [0.717, 1.165) is 44.9 Å². The molecule has 0 saturated heterocycles. The van der Waals surface area contributed by atoms with Crippen molar-refractivity contribution in [2.75, 3.05) is 19.0 Å². The fourth-order valence-corrected chi connectivity index (χ4v) is 4.49. The van der Waals surface area contributed by atoms with Crippen LogP contribution < -0.4 is 6.15 Å². The van der Waals surface area contributed by atoms with Crippen LogP contribution in [0, 0.1) is 0 Å². The van der Waals surface area contributed by atoms with Crippen LogP contribution >= 0.6 is 0 Å². The average molecular weight is 440 g/mol. The van der Waals surface area contributed by atoms with Gasteiger partial charge >= 0.3 is 0 Å². The number of halogens is 1. The van der Waals surface area contributed by atoms with Gasteiger partial charge in [-0.1, -0.05) is 110 Å². The fourth-order valence-electron chi connectivity index (χ4n) is 3.45. The Morgan fingerprint density at radius 1 is 0.586 bits per heavy atom. The molecule has 0 aliphatic rings. The third-order valence-corrected chi connectivity index (χ3v) is 6.60. The number of unbranched alkanes of at least 4 members (excludes halogenated alkanes) is 17. The van der Waals surface area contributed by atoms with Crippen molar-refractivity contribution < 1.29 is 17.0 Å². The maximum absolute atomic E-state index is 12.0. The lowest BCUT2D eigenvalue weighted by molar-refractivity contribution is 0.305. The summed E-state index contributed by atoms with van der Waals surface area (Å²) in [7, 11) is -3.35. The molecule has 6 heteroatoms. The molecule has 0 aliphatic heterocycles. The van der Waals surface area contributed by atoms with Crippen LogP contribution in [0.4, 0.5) is 4.39 Å². The van der Waals surface area contributed by atoms with E-state index in [1.165, 1.54) is 64.2 Å². The van der Waals surface area contributed by atoms with Crippen LogP contribution in [0.5, 0.6) is 0 Å². The Hall–Kier alpha value is -0.200. The van der Waals surface area contributed by atoms with Crippen molar-refractivity contribution in [1.29, 1.82) is 0 Å². The lowest BCUT2D eigenvalue weighted by Gasteiger charge is -2.06. The van der Waals surface area contributed by atoms with Crippen molar-refractivity contribution >= 4 is 10.1 Å². The molecule has 0 atom stereocenters. The minimum atomic E-state index is -3.35. The van der Waals surface area contributed by atoms with Gasteiger partial charge in [-0.25, -0.2) is 0 Å². The zero-order valence-corrected chi connectivity index (χ0v) is 20.1. The molecule has 0 heterocycles. The van der Waals surface area contributed by atoms with E-state index in [1.807, 2.05) is 0 Å². The van der Waals surface area contributed by atoms with Crippen LogP contribution in [0.1, 0.15) is 129 Å². The SMILES string of the molecule is CCCCCCCCCCCCCCOS(=O)(=O)CCCCCCCCCF.N. The van der Waals surface area contributed by atoms with E-state index in [0.29, 0.717) is 19.4 Å². The van der Waals surface area contributed by atoms with Crippen LogP contribution in [0.15, 0.2) is 0 Å². The molecule has 178 valence electrons. The van der Waals surface area contributed by atoms with E-state index in [2.05, 4.69) is 6.92 Å². The Morgan fingerprint density at radius 3 is 1.41 bits per heavy atom. The van der Waals surface area contributed by atoms with Crippen LogP contribution in [-0.2, 0) is 14.3 Å². The first kappa shape index (κ1) is 31.0. The summed E-state index contributed by atoms with van der Waals surface area (Å²) in [5.74, 6) is 0.135. The van der Waals surface area contributed by atoms with Crippen LogP contribution in [0.3, 0.4) is 0 Å². The van der Waals surface area contributed by atoms with E-state index in [9.17, 15) is 12.8 Å². The Balaban J connectivity index is 0. The summed E-state index contributed by atoms with van der Waals surface area (Å²) in [6.45, 7) is 2.36. The van der Waals surface area contributed by atoms with Gasteiger partial charge in [-0.2, -0.15) is 8.42 Å². The van der Waals surface area contributed by atoms with Gasteiger partial charge < -0.3 is 6.15 Å². The molecule has 0 bridgehead atoms. The Kier molecular flexibility index (Phi) is 25.7. The second-order valence-electron chi connectivity index (χ2n) is 8.14. The highest BCUT2D eigenvalue weighted by Crippen LogP contribution is 2.13. The van der Waals surface area contributed by atoms with E-state index < -0.39 is 10.1 Å². The maximum atomic E-state index is 12.0. The van der Waals surface area contributed by atoms with Crippen LogP contribution in [-0.4, -0.2) is 27.5 Å². The first-order valence-corrected chi connectivity index (χ1v) is 13.6. The molecular weight excluding hydrogens is 389 g/mol. The predicted octanol–water partition coefficient (Wildman–Crippen LogP) is 7.90. The molecular formula is C23H50FNO3S. The van der Waals surface area contributed by atoms with Crippen molar-refractivity contribution in [3.8, 4) is 0 Å². The van der Waals surface area contributed by atoms with E-state index in [1.54, 1.807) is 0 Å². The molecule has 0 unspecified atom stereocenters. The lowest BCUT2D eigenvalue weighted by Crippen LogP contribution is -2.11. The van der Waals surface area contributed by atoms with Crippen LogP contribution in [0.2, 0.25) is 0 Å². The van der Waals surface area contributed by atoms with E-state index in [4.69, 9.17) is 4.18 Å². The fraction of sp³-hybridized carbons (Fsp3) is 1.00. The van der Waals surface area contributed by atoms with E-state index >= 15 is 0 Å². The third-order valence-electron chi connectivity index (χ3n) is 5.29. The number of alkyl halides is 1. The van der Waals surface area contributed by atoms with Crippen molar-refractivity contribution in [3.63, 3.8) is 0 Å². The highest BCUT2D eigenvalue weighted by molar-refractivity contribution is 7.86. The van der Waals surface area contributed by atoms with Gasteiger partial charge in [-0.15, -0.1) is 0 Å². The minimum Gasteiger partial charge on any atom is -0.344 e. The van der Waals surface area contributed by atoms with Crippen LogP contribution in [0.25, 0.3) is 0 Å². The van der Waals surface area contributed by atoms with Crippen molar-refractivity contribution in [2.24, 2.45) is 0 Å². The summed E-state index contributed by atoms with van der Waals surface area (Å²) in [6.07, 6.45) is 21.5. The topological polar surface area (TPSA) is 78.4 Å². The molecule has 0 rings (SSSR count). The van der Waals surface area contributed by atoms with Crippen molar-refractivity contribution in [2.45, 2.75) is 129 Å². The first-order valence-electron chi connectivity index (χ1n) is 12.1. The molecule has 0 fully saturated rings. The van der Waals surface area contributed by atoms with Gasteiger partial charge in [0.15, 0.2) is 0 Å². The van der Waals surface area contributed by atoms with E-state index in [-0.39, 0.29) is 18.6 Å². The molecule has 0 aromatic rings. The zero-order chi connectivity index (χ0) is 20.8. The summed E-state index contributed by atoms with van der Waals surface area (Å²) < 4.78 is 40.7. The standard InChI is InChI=1S/C23H47FO3S.H3N/c1-2-3-4-5-6-7-8-9-10-13-16-19-22-27-28(25,26)23-20-17-14-11-12-15-18-21-24;/h2-23H2,1H3;1H3. The quantitative estimate of drug-likeness (QED) is 0.130. The summed E-state index contributed by atoms with van der Waals surface area (Å²) in [4.78, 5) is 0. The zero-order valence-electron chi connectivity index (χ0n) is 19.3. The van der Waals surface area contributed by atoms with Gasteiger partial charge in [0.1, 0.15) is 0 Å². The van der Waals surface area contributed by atoms with Gasteiger partial charge in [0, 0.05) is 0 Å². The van der Waals surface area contributed by atoms with Gasteiger partial charge in [0.2, 0.25) is 0 Å². The van der Waals surface area contributed by atoms with Gasteiger partial charge in [-0.05, 0) is 19.3 Å². The molecule has 0 amide bonds. The maximum Gasteiger partial charge on any atom is 0.267 e. The van der Waals surface area contributed by atoms with Crippen molar-refractivity contribution in [3.05, 3.63) is 0 Å². The van der Waals surface area contributed by atoms with Gasteiger partial charge in [-0.3, -0.25) is 8.57 Å². The monoisotopic (exact) mass is 439 g/mol. The molecule has 0 aliphatic carbocycles. The normalized spacial score (nSPS) is 11.5. The summed E-state index contributed by atoms with van der Waals surface area (Å²) in [6, 6.07) is 0. The molecule has 0 aromatic heterocycles. The third kappa shape index (κ3) is 25.8. The molecule has 0 spiro atoms. The molecule has 3 N–H and O–H groups in total. The predicted molar refractivity (Wildman–Crippen MR) is 124 cm³/mol. The highest BCUT2D eigenvalue weighted by Gasteiger charge is 2.10. The molecule has 0 saturated carbocycles. The lowest BCUT2D eigenvalue weighted by atomic mass is 10.1. The molecule has 4 nitrogen and oxygen atoms in total. The Morgan fingerprint density at radius 2 is 0.966 bits per heavy atom. The highest BCUT2D eigenvalue weighted by atomic mass is 32.2. The minimum absolute atomic E-state index is 0. The molecule has 0 aromatic carbocycles. The Bertz CT molecular complexity index is 405.